The zero-order valence-corrected chi connectivity index (χ0v) is 22.2. The van der Waals surface area contributed by atoms with Crippen LogP contribution in [0.25, 0.3) is 6.08 Å². The number of aliphatic hydroxyl groups is 2. The maximum atomic E-state index is 13.2. The first kappa shape index (κ1) is 27.9. The van der Waals surface area contributed by atoms with Crippen molar-refractivity contribution in [2.75, 3.05) is 0 Å². The van der Waals surface area contributed by atoms with Crippen LogP contribution in [0, 0.1) is 17.3 Å². The van der Waals surface area contributed by atoms with Gasteiger partial charge in [0.05, 0.1) is 41.9 Å². The lowest BCUT2D eigenvalue weighted by Crippen LogP contribution is -2.45. The highest BCUT2D eigenvalue weighted by atomic mass is 32.1. The van der Waals surface area contributed by atoms with E-state index >= 15 is 0 Å². The topological polar surface area (TPSA) is 135 Å². The molecule has 8 nitrogen and oxygen atoms in total. The number of hydrogen-bond donors (Lipinski definition) is 3. The molecule has 9 heteroatoms. The number of aromatic nitrogens is 1. The van der Waals surface area contributed by atoms with Crippen LogP contribution < -0.4 is 5.73 Å². The van der Waals surface area contributed by atoms with E-state index in [2.05, 4.69) is 4.98 Å². The summed E-state index contributed by atoms with van der Waals surface area (Å²) in [4.78, 5) is 30.5. The Morgan fingerprint density at radius 1 is 1.26 bits per heavy atom. The van der Waals surface area contributed by atoms with Crippen LogP contribution in [0.15, 0.2) is 11.0 Å². The van der Waals surface area contributed by atoms with Crippen molar-refractivity contribution in [2.45, 2.75) is 104 Å². The highest BCUT2D eigenvalue weighted by molar-refractivity contribution is 7.09. The van der Waals surface area contributed by atoms with E-state index in [9.17, 15) is 19.8 Å². The summed E-state index contributed by atoms with van der Waals surface area (Å²) in [5.41, 5.74) is 6.06. The molecular weight excluding hydrogens is 468 g/mol. The van der Waals surface area contributed by atoms with E-state index < -0.39 is 35.6 Å². The molecule has 0 bridgehead atoms. The molecule has 2 aliphatic rings. The lowest BCUT2D eigenvalue weighted by molar-refractivity contribution is -0.154. The number of epoxide rings is 1. The third-order valence-corrected chi connectivity index (χ3v) is 8.41. The highest BCUT2D eigenvalue weighted by Gasteiger charge is 2.44. The molecule has 196 valence electrons. The summed E-state index contributed by atoms with van der Waals surface area (Å²) in [6.45, 7) is 9.14. The maximum Gasteiger partial charge on any atom is 0.309 e. The molecule has 7 atom stereocenters. The first-order valence-corrected chi connectivity index (χ1v) is 13.4. The minimum Gasteiger partial charge on any atom is -0.458 e. The predicted octanol–water partition coefficient (Wildman–Crippen LogP) is 3.24. The van der Waals surface area contributed by atoms with Gasteiger partial charge in [-0.2, -0.15) is 0 Å². The molecule has 0 spiro atoms. The van der Waals surface area contributed by atoms with Crippen LogP contribution in [0.2, 0.25) is 0 Å². The lowest BCUT2D eigenvalue weighted by Gasteiger charge is -2.34. The molecule has 0 aromatic carbocycles. The van der Waals surface area contributed by atoms with Gasteiger partial charge >= 0.3 is 5.97 Å². The van der Waals surface area contributed by atoms with Gasteiger partial charge in [-0.15, -0.1) is 11.3 Å². The monoisotopic (exact) mass is 508 g/mol. The fraction of sp³-hybridized carbons (Fsp3) is 0.731. The fourth-order valence-corrected chi connectivity index (χ4v) is 5.45. The number of Topliss-reactive ketones (excluding diaryl/α,β-unsaturated/α-hetero) is 1. The van der Waals surface area contributed by atoms with E-state index in [4.69, 9.17) is 15.2 Å². The second kappa shape index (κ2) is 11.6. The Morgan fingerprint density at radius 2 is 1.97 bits per heavy atom. The van der Waals surface area contributed by atoms with Gasteiger partial charge in [0.25, 0.3) is 0 Å². The number of ether oxygens (including phenoxy) is 2. The number of nitrogens with two attached hydrogens (primary N) is 1. The van der Waals surface area contributed by atoms with Gasteiger partial charge in [0.15, 0.2) is 0 Å². The Morgan fingerprint density at radius 3 is 2.63 bits per heavy atom. The summed E-state index contributed by atoms with van der Waals surface area (Å²) < 4.78 is 11.7. The van der Waals surface area contributed by atoms with E-state index in [0.717, 1.165) is 35.5 Å². The summed E-state index contributed by atoms with van der Waals surface area (Å²) >= 11 is 1.48. The number of ketones is 1. The van der Waals surface area contributed by atoms with Gasteiger partial charge in [-0.05, 0) is 37.3 Å². The molecule has 3 rings (SSSR count). The van der Waals surface area contributed by atoms with Crippen molar-refractivity contribution >= 4 is 29.2 Å². The minimum absolute atomic E-state index is 0.0128. The second-order valence-electron chi connectivity index (χ2n) is 10.7. The van der Waals surface area contributed by atoms with Crippen LogP contribution in [0.1, 0.15) is 77.4 Å². The summed E-state index contributed by atoms with van der Waals surface area (Å²) in [7, 11) is 0. The fourth-order valence-electron chi connectivity index (χ4n) is 4.82. The van der Waals surface area contributed by atoms with Gasteiger partial charge < -0.3 is 25.4 Å². The van der Waals surface area contributed by atoms with Crippen molar-refractivity contribution in [3.05, 3.63) is 21.7 Å². The SMILES string of the molecule is C/C(=C\c1csc(CN)n1)[C@@H]1C[C@@H]2O[C@@H]2CCC[C@H](C)[C@H](O)[C@@H](C)C(=O)C(C)(C)[C@@H](O)CC(=O)O1. The molecule has 35 heavy (non-hydrogen) atoms. The van der Waals surface area contributed by atoms with E-state index in [1.165, 1.54) is 11.3 Å². The van der Waals surface area contributed by atoms with Gasteiger partial charge in [-0.3, -0.25) is 9.59 Å². The molecule has 0 aliphatic carbocycles. The third-order valence-electron chi connectivity index (χ3n) is 7.52. The minimum atomic E-state index is -1.24. The number of cyclic esters (lactones) is 1. The van der Waals surface area contributed by atoms with Crippen LogP contribution in [-0.4, -0.2) is 57.5 Å². The molecule has 4 N–H and O–H groups in total. The first-order chi connectivity index (χ1) is 16.4. The lowest BCUT2D eigenvalue weighted by atomic mass is 9.73. The number of esters is 1. The standard InChI is InChI=1S/C26H40N2O6S/c1-14-7-6-8-18-20(33-18)10-19(15(2)9-17-13-35-22(12-27)28-17)34-23(30)11-21(29)26(4,5)25(32)16(3)24(14)31/h9,13-14,16,18-21,24,29,31H,6-8,10-12,27H2,1-5H3/b15-9+/t14-,16+,18+,19-,20-,21-,24-/m0/s1. The number of thiazole rings is 1. The molecule has 2 saturated heterocycles. The number of hydrogen-bond acceptors (Lipinski definition) is 9. The van der Waals surface area contributed by atoms with Crippen molar-refractivity contribution in [3.63, 3.8) is 0 Å². The molecule has 3 heterocycles. The van der Waals surface area contributed by atoms with Crippen molar-refractivity contribution in [3.8, 4) is 0 Å². The molecule has 0 radical (unpaired) electrons. The molecule has 2 fully saturated rings. The van der Waals surface area contributed by atoms with Crippen molar-refractivity contribution in [2.24, 2.45) is 23.0 Å². The van der Waals surface area contributed by atoms with Gasteiger partial charge in [0.1, 0.15) is 16.9 Å². The number of rotatable bonds is 3. The molecule has 0 unspecified atom stereocenters. The number of nitrogens with zero attached hydrogens (tertiary/aromatic N) is 1. The Labute approximate surface area is 211 Å². The number of carbonyl (C=O) groups excluding carboxylic acids is 2. The van der Waals surface area contributed by atoms with Crippen molar-refractivity contribution in [1.29, 1.82) is 0 Å². The highest BCUT2D eigenvalue weighted by Crippen LogP contribution is 2.36. The zero-order valence-electron chi connectivity index (χ0n) is 21.4. The Hall–Kier alpha value is -1.65. The summed E-state index contributed by atoms with van der Waals surface area (Å²) in [6.07, 6.45) is 2.08. The average molecular weight is 509 g/mol. The van der Waals surface area contributed by atoms with Gasteiger partial charge in [0, 0.05) is 24.3 Å². The van der Waals surface area contributed by atoms with Crippen molar-refractivity contribution in [1.82, 2.24) is 4.98 Å². The van der Waals surface area contributed by atoms with Gasteiger partial charge in [0.2, 0.25) is 0 Å². The Balaban J connectivity index is 1.81. The molecule has 0 saturated carbocycles. The molecule has 2 aliphatic heterocycles. The molecular formula is C26H40N2O6S. The average Bonchev–Trinajstić information content (AvgIpc) is 3.38. The summed E-state index contributed by atoms with van der Waals surface area (Å²) in [6, 6.07) is 0. The quantitative estimate of drug-likeness (QED) is 0.418. The number of fused-ring (bicyclic) bond motifs is 1. The largest absolute Gasteiger partial charge is 0.458 e. The van der Waals surface area contributed by atoms with Crippen LogP contribution >= 0.6 is 11.3 Å². The molecule has 0 amide bonds. The van der Waals surface area contributed by atoms with Gasteiger partial charge in [-0.1, -0.05) is 34.1 Å². The number of carbonyl (C=O) groups is 2. The van der Waals surface area contributed by atoms with Crippen LogP contribution in [0.4, 0.5) is 0 Å². The second-order valence-corrected chi connectivity index (χ2v) is 11.6. The summed E-state index contributed by atoms with van der Waals surface area (Å²) in [5.74, 6) is -1.56. The Bertz CT molecular complexity index is 929. The van der Waals surface area contributed by atoms with Crippen LogP contribution in [0.5, 0.6) is 0 Å². The molecule has 1 aromatic heterocycles. The van der Waals surface area contributed by atoms with E-state index in [-0.39, 0.29) is 30.3 Å². The van der Waals surface area contributed by atoms with Crippen LogP contribution in [0.3, 0.4) is 0 Å². The molecule has 1 aromatic rings. The van der Waals surface area contributed by atoms with E-state index in [0.29, 0.717) is 13.0 Å². The third kappa shape index (κ3) is 6.98. The number of aliphatic hydroxyl groups excluding tert-OH is 2. The first-order valence-electron chi connectivity index (χ1n) is 12.5. The Kier molecular flexibility index (Phi) is 9.26. The summed E-state index contributed by atoms with van der Waals surface area (Å²) in [5, 5.41) is 24.3. The van der Waals surface area contributed by atoms with E-state index in [1.54, 1.807) is 20.8 Å². The zero-order chi connectivity index (χ0) is 25.9. The van der Waals surface area contributed by atoms with Crippen molar-refractivity contribution < 1.29 is 29.3 Å². The normalized spacial score (nSPS) is 35.3. The maximum absolute atomic E-state index is 13.2. The van der Waals surface area contributed by atoms with Gasteiger partial charge in [-0.25, -0.2) is 4.98 Å². The van der Waals surface area contributed by atoms with Crippen LogP contribution in [-0.2, 0) is 25.6 Å². The smallest absolute Gasteiger partial charge is 0.309 e. The predicted molar refractivity (Wildman–Crippen MR) is 134 cm³/mol. The van der Waals surface area contributed by atoms with E-state index in [1.807, 2.05) is 25.3 Å².